The molecule has 5 nitrogen and oxygen atoms in total. The van der Waals surface area contributed by atoms with Crippen LogP contribution in [0.4, 0.5) is 0 Å². The van der Waals surface area contributed by atoms with Gasteiger partial charge >= 0.3 is 0 Å². The Labute approximate surface area is 146 Å². The first-order valence-electron chi connectivity index (χ1n) is 8.95. The highest BCUT2D eigenvalue weighted by atomic mass is 32.1. The first kappa shape index (κ1) is 15.8. The second kappa shape index (κ2) is 6.31. The Morgan fingerprint density at radius 2 is 2.04 bits per heavy atom. The van der Waals surface area contributed by atoms with Crippen LogP contribution in [0.3, 0.4) is 0 Å². The number of likely N-dealkylation sites (tertiary alicyclic amines) is 1. The molecule has 2 aliphatic heterocycles. The highest BCUT2D eigenvalue weighted by molar-refractivity contribution is 7.14. The van der Waals surface area contributed by atoms with Crippen molar-refractivity contribution in [3.63, 3.8) is 0 Å². The van der Waals surface area contributed by atoms with Crippen molar-refractivity contribution >= 4 is 17.2 Å². The van der Waals surface area contributed by atoms with E-state index in [1.807, 2.05) is 11.0 Å². The average molecular weight is 344 g/mol. The lowest BCUT2D eigenvalue weighted by Crippen LogP contribution is -2.31. The van der Waals surface area contributed by atoms with E-state index in [1.165, 1.54) is 29.7 Å². The highest BCUT2D eigenvalue weighted by Crippen LogP contribution is 2.34. The van der Waals surface area contributed by atoms with Crippen LogP contribution in [-0.4, -0.2) is 32.1 Å². The summed E-state index contributed by atoms with van der Waals surface area (Å²) in [5.74, 6) is 2.26. The number of amides is 1. The van der Waals surface area contributed by atoms with Gasteiger partial charge in [0.15, 0.2) is 5.82 Å². The van der Waals surface area contributed by atoms with Gasteiger partial charge in [-0.15, -0.1) is 21.5 Å². The van der Waals surface area contributed by atoms with Gasteiger partial charge in [0.1, 0.15) is 5.82 Å². The van der Waals surface area contributed by atoms with Gasteiger partial charge in [-0.3, -0.25) is 4.79 Å². The molecule has 6 heteroatoms. The number of aryl methyl sites for hydroxylation is 3. The average Bonchev–Trinajstić information content (AvgIpc) is 3.23. The van der Waals surface area contributed by atoms with E-state index in [0.717, 1.165) is 48.9 Å². The fourth-order valence-corrected chi connectivity index (χ4v) is 4.84. The molecular formula is C18H24N4OS. The Kier molecular flexibility index (Phi) is 4.16. The number of thiophene rings is 1. The van der Waals surface area contributed by atoms with Crippen molar-refractivity contribution < 1.29 is 4.79 Å². The maximum atomic E-state index is 13.0. The topological polar surface area (TPSA) is 51.0 Å². The standard InChI is InChI=1S/C18H24N4OS/c1-12-11-15(24-13(12)2)18(23)21-10-6-7-14(21)17-20-19-16-8-4-3-5-9-22(16)17/h11,14H,3-10H2,1-2H3. The molecule has 1 atom stereocenters. The second-order valence-electron chi connectivity index (χ2n) is 6.94. The van der Waals surface area contributed by atoms with Crippen LogP contribution in [0.5, 0.6) is 0 Å². The van der Waals surface area contributed by atoms with Gasteiger partial charge in [-0.2, -0.15) is 0 Å². The fraction of sp³-hybridized carbons (Fsp3) is 0.611. The molecule has 0 N–H and O–H groups in total. The molecule has 0 aliphatic carbocycles. The summed E-state index contributed by atoms with van der Waals surface area (Å²) >= 11 is 1.61. The van der Waals surface area contributed by atoms with Gasteiger partial charge in [-0.05, 0) is 51.2 Å². The quantitative estimate of drug-likeness (QED) is 0.835. The minimum Gasteiger partial charge on any atom is -0.328 e. The predicted molar refractivity (Wildman–Crippen MR) is 94.4 cm³/mol. The Hall–Kier alpha value is -1.69. The van der Waals surface area contributed by atoms with Crippen molar-refractivity contribution in [3.05, 3.63) is 33.0 Å². The first-order valence-corrected chi connectivity index (χ1v) is 9.77. The van der Waals surface area contributed by atoms with E-state index in [1.54, 1.807) is 11.3 Å². The Balaban J connectivity index is 1.63. The van der Waals surface area contributed by atoms with Crippen molar-refractivity contribution in [2.75, 3.05) is 6.54 Å². The SMILES string of the molecule is Cc1cc(C(=O)N2CCCC2c2nnc3n2CCCCC3)sc1C. The summed E-state index contributed by atoms with van der Waals surface area (Å²) in [5.41, 5.74) is 1.20. The lowest BCUT2D eigenvalue weighted by atomic mass is 10.2. The molecule has 2 aliphatic rings. The van der Waals surface area contributed by atoms with Gasteiger partial charge in [0.25, 0.3) is 5.91 Å². The fourth-order valence-electron chi connectivity index (χ4n) is 3.85. The number of carbonyl (C=O) groups is 1. The third-order valence-electron chi connectivity index (χ3n) is 5.33. The van der Waals surface area contributed by atoms with Crippen LogP contribution in [0.25, 0.3) is 0 Å². The predicted octanol–water partition coefficient (Wildman–Crippen LogP) is 3.66. The molecule has 0 saturated carbocycles. The van der Waals surface area contributed by atoms with E-state index < -0.39 is 0 Å². The number of fused-ring (bicyclic) bond motifs is 1. The van der Waals surface area contributed by atoms with Crippen molar-refractivity contribution in [3.8, 4) is 0 Å². The van der Waals surface area contributed by atoms with Crippen LogP contribution >= 0.6 is 11.3 Å². The molecule has 0 bridgehead atoms. The summed E-state index contributed by atoms with van der Waals surface area (Å²) in [6.45, 7) is 5.97. The zero-order chi connectivity index (χ0) is 16.7. The molecule has 2 aromatic rings. The molecule has 4 heterocycles. The van der Waals surface area contributed by atoms with Gasteiger partial charge in [-0.25, -0.2) is 0 Å². The largest absolute Gasteiger partial charge is 0.328 e. The number of nitrogens with zero attached hydrogens (tertiary/aromatic N) is 4. The van der Waals surface area contributed by atoms with Gasteiger partial charge in [0.05, 0.1) is 10.9 Å². The van der Waals surface area contributed by atoms with Gasteiger partial charge in [0, 0.05) is 24.4 Å². The molecule has 4 rings (SSSR count). The third kappa shape index (κ3) is 2.66. The lowest BCUT2D eigenvalue weighted by Gasteiger charge is -2.24. The van der Waals surface area contributed by atoms with Gasteiger partial charge in [0.2, 0.25) is 0 Å². The first-order chi connectivity index (χ1) is 11.6. The molecular weight excluding hydrogens is 320 g/mol. The maximum Gasteiger partial charge on any atom is 0.264 e. The summed E-state index contributed by atoms with van der Waals surface area (Å²) in [7, 11) is 0. The van der Waals surface area contributed by atoms with Crippen LogP contribution < -0.4 is 0 Å². The molecule has 0 aromatic carbocycles. The Morgan fingerprint density at radius 1 is 1.17 bits per heavy atom. The Morgan fingerprint density at radius 3 is 2.83 bits per heavy atom. The van der Waals surface area contributed by atoms with Gasteiger partial charge < -0.3 is 9.47 Å². The van der Waals surface area contributed by atoms with Crippen molar-refractivity contribution in [1.29, 1.82) is 0 Å². The number of hydrogen-bond acceptors (Lipinski definition) is 4. The van der Waals surface area contributed by atoms with E-state index in [-0.39, 0.29) is 11.9 Å². The summed E-state index contributed by atoms with van der Waals surface area (Å²) in [5, 5.41) is 8.92. The van der Waals surface area contributed by atoms with Crippen molar-refractivity contribution in [2.45, 2.75) is 65.0 Å². The third-order valence-corrected chi connectivity index (χ3v) is 6.47. The smallest absolute Gasteiger partial charge is 0.264 e. The molecule has 128 valence electrons. The minimum absolute atomic E-state index is 0.0829. The molecule has 1 amide bonds. The summed E-state index contributed by atoms with van der Waals surface area (Å²) in [6, 6.07) is 2.11. The zero-order valence-corrected chi connectivity index (χ0v) is 15.2. The van der Waals surface area contributed by atoms with E-state index in [0.29, 0.717) is 0 Å². The van der Waals surface area contributed by atoms with Crippen LogP contribution in [-0.2, 0) is 13.0 Å². The number of carbonyl (C=O) groups excluding carboxylic acids is 1. The van der Waals surface area contributed by atoms with E-state index in [4.69, 9.17) is 0 Å². The van der Waals surface area contributed by atoms with Gasteiger partial charge in [-0.1, -0.05) is 6.42 Å². The van der Waals surface area contributed by atoms with Crippen LogP contribution in [0.1, 0.15) is 69.9 Å². The summed E-state index contributed by atoms with van der Waals surface area (Å²) in [6.07, 6.45) is 6.68. The van der Waals surface area contributed by atoms with Crippen molar-refractivity contribution in [2.24, 2.45) is 0 Å². The molecule has 2 aromatic heterocycles. The van der Waals surface area contributed by atoms with Crippen LogP contribution in [0.15, 0.2) is 6.07 Å². The molecule has 0 spiro atoms. The van der Waals surface area contributed by atoms with Crippen molar-refractivity contribution in [1.82, 2.24) is 19.7 Å². The van der Waals surface area contributed by atoms with Crippen LogP contribution in [0, 0.1) is 13.8 Å². The molecule has 1 saturated heterocycles. The van der Waals surface area contributed by atoms with E-state index in [9.17, 15) is 4.79 Å². The number of aromatic nitrogens is 3. The molecule has 1 fully saturated rings. The lowest BCUT2D eigenvalue weighted by molar-refractivity contribution is 0.0732. The molecule has 1 unspecified atom stereocenters. The maximum absolute atomic E-state index is 13.0. The normalized spacial score (nSPS) is 20.9. The highest BCUT2D eigenvalue weighted by Gasteiger charge is 2.35. The molecule has 0 radical (unpaired) electrons. The molecule has 24 heavy (non-hydrogen) atoms. The van der Waals surface area contributed by atoms with Crippen LogP contribution in [0.2, 0.25) is 0 Å². The number of rotatable bonds is 2. The van der Waals surface area contributed by atoms with E-state index in [2.05, 4.69) is 28.6 Å². The second-order valence-corrected chi connectivity index (χ2v) is 8.20. The number of hydrogen-bond donors (Lipinski definition) is 0. The summed E-state index contributed by atoms with van der Waals surface area (Å²) < 4.78 is 2.29. The Bertz CT molecular complexity index is 744. The minimum atomic E-state index is 0.0829. The zero-order valence-electron chi connectivity index (χ0n) is 14.4. The summed E-state index contributed by atoms with van der Waals surface area (Å²) in [4.78, 5) is 17.1. The monoisotopic (exact) mass is 344 g/mol. The van der Waals surface area contributed by atoms with E-state index >= 15 is 0 Å².